The van der Waals surface area contributed by atoms with Crippen molar-refractivity contribution in [2.75, 3.05) is 6.61 Å². The first-order valence-electron chi connectivity index (χ1n) is 6.41. The predicted octanol–water partition coefficient (Wildman–Crippen LogP) is 5.51. The molecule has 0 N–H and O–H groups in total. The normalized spacial score (nSPS) is 12.2. The fourth-order valence-electron chi connectivity index (χ4n) is 1.93. The Morgan fingerprint density at radius 3 is 2.50 bits per heavy atom. The van der Waals surface area contributed by atoms with E-state index in [2.05, 4.69) is 15.9 Å². The topological polar surface area (TPSA) is 9.23 Å². The number of rotatable bonds is 5. The summed E-state index contributed by atoms with van der Waals surface area (Å²) in [6, 6.07) is 12.2. The minimum absolute atomic E-state index is 0.160. The van der Waals surface area contributed by atoms with E-state index in [0.717, 1.165) is 21.3 Å². The van der Waals surface area contributed by atoms with Crippen molar-refractivity contribution < 1.29 is 9.13 Å². The van der Waals surface area contributed by atoms with E-state index in [1.165, 1.54) is 12.1 Å². The lowest BCUT2D eigenvalue weighted by molar-refractivity contribution is 0.338. The lowest BCUT2D eigenvalue weighted by Gasteiger charge is -2.13. The molecule has 0 heterocycles. The maximum Gasteiger partial charge on any atom is 0.133 e. The first-order valence-corrected chi connectivity index (χ1v) is 7.64. The zero-order chi connectivity index (χ0) is 14.5. The summed E-state index contributed by atoms with van der Waals surface area (Å²) < 4.78 is 19.2. The van der Waals surface area contributed by atoms with Gasteiger partial charge in [0.1, 0.15) is 11.6 Å². The van der Waals surface area contributed by atoms with Gasteiger partial charge in [0.05, 0.1) is 16.5 Å². The molecule has 0 radical (unpaired) electrons. The van der Waals surface area contributed by atoms with Gasteiger partial charge in [0.2, 0.25) is 0 Å². The molecule has 0 saturated carbocycles. The minimum atomic E-state index is -0.233. The first-order chi connectivity index (χ1) is 9.60. The summed E-state index contributed by atoms with van der Waals surface area (Å²) in [6.45, 7) is 2.57. The number of ether oxygens (including phenoxy) is 1. The van der Waals surface area contributed by atoms with Gasteiger partial charge in [0.15, 0.2) is 0 Å². The molecular weight excluding hydrogens is 343 g/mol. The van der Waals surface area contributed by atoms with Crippen LogP contribution in [0.15, 0.2) is 46.9 Å². The number of hydrogen-bond acceptors (Lipinski definition) is 1. The Bertz CT molecular complexity index is 571. The summed E-state index contributed by atoms with van der Waals surface area (Å²) in [7, 11) is 0. The van der Waals surface area contributed by atoms with Crippen molar-refractivity contribution in [3.8, 4) is 5.75 Å². The lowest BCUT2D eigenvalue weighted by Crippen LogP contribution is -1.98. The van der Waals surface area contributed by atoms with Gasteiger partial charge < -0.3 is 4.74 Å². The number of benzene rings is 2. The molecule has 0 fully saturated rings. The maximum atomic E-state index is 12.9. The number of halogens is 3. The molecule has 1 atom stereocenters. The van der Waals surface area contributed by atoms with Crippen LogP contribution in [-0.2, 0) is 6.42 Å². The molecule has 4 heteroatoms. The van der Waals surface area contributed by atoms with Gasteiger partial charge in [-0.1, -0.05) is 18.2 Å². The second kappa shape index (κ2) is 7.09. The average Bonchev–Trinajstić information content (AvgIpc) is 2.44. The van der Waals surface area contributed by atoms with Crippen LogP contribution >= 0.6 is 27.5 Å². The quantitative estimate of drug-likeness (QED) is 0.641. The van der Waals surface area contributed by atoms with Crippen LogP contribution in [0.25, 0.3) is 0 Å². The standard InChI is InChI=1S/C16H15BrClFO/c1-2-20-16-8-5-12(10-14(16)17)15(18)9-11-3-6-13(19)7-4-11/h3-8,10,15H,2,9H2,1H3. The summed E-state index contributed by atoms with van der Waals surface area (Å²) in [5, 5.41) is -0.160. The van der Waals surface area contributed by atoms with Crippen LogP contribution in [0.3, 0.4) is 0 Å². The van der Waals surface area contributed by atoms with E-state index in [1.54, 1.807) is 12.1 Å². The third-order valence-corrected chi connectivity index (χ3v) is 3.97. The summed E-state index contributed by atoms with van der Waals surface area (Å²) in [6.07, 6.45) is 0.655. The molecule has 0 spiro atoms. The molecule has 20 heavy (non-hydrogen) atoms. The summed E-state index contributed by atoms with van der Waals surface area (Å²) in [4.78, 5) is 0. The van der Waals surface area contributed by atoms with Crippen molar-refractivity contribution in [2.45, 2.75) is 18.7 Å². The fourth-order valence-corrected chi connectivity index (χ4v) is 2.75. The maximum absolute atomic E-state index is 12.9. The zero-order valence-electron chi connectivity index (χ0n) is 11.1. The highest BCUT2D eigenvalue weighted by atomic mass is 79.9. The van der Waals surface area contributed by atoms with Crippen LogP contribution in [-0.4, -0.2) is 6.61 Å². The largest absolute Gasteiger partial charge is 0.493 e. The van der Waals surface area contributed by atoms with E-state index in [4.69, 9.17) is 16.3 Å². The highest BCUT2D eigenvalue weighted by molar-refractivity contribution is 9.10. The molecule has 0 aliphatic rings. The van der Waals surface area contributed by atoms with Gasteiger partial charge in [-0.25, -0.2) is 4.39 Å². The lowest BCUT2D eigenvalue weighted by atomic mass is 10.0. The van der Waals surface area contributed by atoms with Gasteiger partial charge in [0.25, 0.3) is 0 Å². The van der Waals surface area contributed by atoms with Crippen molar-refractivity contribution in [3.63, 3.8) is 0 Å². The van der Waals surface area contributed by atoms with E-state index in [1.807, 2.05) is 25.1 Å². The van der Waals surface area contributed by atoms with Crippen LogP contribution in [0.5, 0.6) is 5.75 Å². The number of hydrogen-bond donors (Lipinski definition) is 0. The van der Waals surface area contributed by atoms with Crippen LogP contribution in [0.1, 0.15) is 23.4 Å². The van der Waals surface area contributed by atoms with Crippen molar-refractivity contribution in [1.82, 2.24) is 0 Å². The van der Waals surface area contributed by atoms with E-state index in [0.29, 0.717) is 13.0 Å². The average molecular weight is 358 g/mol. The van der Waals surface area contributed by atoms with Crippen molar-refractivity contribution in [1.29, 1.82) is 0 Å². The Balaban J connectivity index is 2.10. The molecule has 0 aliphatic carbocycles. The second-order valence-electron chi connectivity index (χ2n) is 4.42. The molecule has 0 aliphatic heterocycles. The number of alkyl halides is 1. The van der Waals surface area contributed by atoms with Crippen molar-refractivity contribution >= 4 is 27.5 Å². The molecule has 2 aromatic rings. The summed E-state index contributed by atoms with van der Waals surface area (Å²) >= 11 is 9.90. The Morgan fingerprint density at radius 2 is 1.90 bits per heavy atom. The van der Waals surface area contributed by atoms with Crippen molar-refractivity contribution in [3.05, 3.63) is 63.9 Å². The highest BCUT2D eigenvalue weighted by Crippen LogP contribution is 2.32. The van der Waals surface area contributed by atoms with E-state index < -0.39 is 0 Å². The molecular formula is C16H15BrClFO. The molecule has 2 aromatic carbocycles. The molecule has 2 rings (SSSR count). The Morgan fingerprint density at radius 1 is 1.20 bits per heavy atom. The van der Waals surface area contributed by atoms with E-state index >= 15 is 0 Å². The summed E-state index contributed by atoms with van der Waals surface area (Å²) in [5.41, 5.74) is 2.02. The van der Waals surface area contributed by atoms with Crippen LogP contribution in [0.2, 0.25) is 0 Å². The molecule has 106 valence electrons. The third-order valence-electron chi connectivity index (χ3n) is 2.95. The Hall–Kier alpha value is -1.06. The third kappa shape index (κ3) is 3.97. The molecule has 1 unspecified atom stereocenters. The van der Waals surface area contributed by atoms with Gasteiger partial charge >= 0.3 is 0 Å². The Kier molecular flexibility index (Phi) is 5.44. The second-order valence-corrected chi connectivity index (χ2v) is 5.80. The highest BCUT2D eigenvalue weighted by Gasteiger charge is 2.11. The molecule has 0 bridgehead atoms. The first kappa shape index (κ1) is 15.3. The molecule has 0 amide bonds. The van der Waals surface area contributed by atoms with Crippen molar-refractivity contribution in [2.24, 2.45) is 0 Å². The van der Waals surface area contributed by atoms with Gasteiger partial charge in [-0.05, 0) is 64.7 Å². The van der Waals surface area contributed by atoms with Crippen LogP contribution < -0.4 is 4.74 Å². The summed E-state index contributed by atoms with van der Waals surface area (Å²) in [5.74, 6) is 0.575. The van der Waals surface area contributed by atoms with Crippen LogP contribution in [0, 0.1) is 5.82 Å². The molecule has 1 nitrogen and oxygen atoms in total. The molecule has 0 aromatic heterocycles. The fraction of sp³-hybridized carbons (Fsp3) is 0.250. The monoisotopic (exact) mass is 356 g/mol. The van der Waals surface area contributed by atoms with Crippen LogP contribution in [0.4, 0.5) is 4.39 Å². The predicted molar refractivity (Wildman–Crippen MR) is 84.0 cm³/mol. The Labute approximate surface area is 131 Å². The SMILES string of the molecule is CCOc1ccc(C(Cl)Cc2ccc(F)cc2)cc1Br. The zero-order valence-corrected chi connectivity index (χ0v) is 13.4. The van der Waals surface area contributed by atoms with Gasteiger partial charge in [-0.2, -0.15) is 0 Å². The minimum Gasteiger partial charge on any atom is -0.493 e. The smallest absolute Gasteiger partial charge is 0.133 e. The van der Waals surface area contributed by atoms with Gasteiger partial charge in [-0.15, -0.1) is 11.6 Å². The van der Waals surface area contributed by atoms with E-state index in [-0.39, 0.29) is 11.2 Å². The van der Waals surface area contributed by atoms with Gasteiger partial charge in [-0.3, -0.25) is 0 Å². The van der Waals surface area contributed by atoms with Gasteiger partial charge in [0, 0.05) is 0 Å². The molecule has 0 saturated heterocycles. The van der Waals surface area contributed by atoms with E-state index in [9.17, 15) is 4.39 Å².